The lowest BCUT2D eigenvalue weighted by atomic mass is 9.98. The van der Waals surface area contributed by atoms with E-state index in [9.17, 15) is 5.11 Å². The van der Waals surface area contributed by atoms with Gasteiger partial charge in [-0.2, -0.15) is 0 Å². The molecule has 0 aliphatic carbocycles. The molecule has 94 valence electrons. The van der Waals surface area contributed by atoms with Gasteiger partial charge in [-0.1, -0.05) is 18.2 Å². The van der Waals surface area contributed by atoms with Crippen molar-refractivity contribution in [3.63, 3.8) is 0 Å². The number of aliphatic hydroxyl groups excluding tert-OH is 1. The van der Waals surface area contributed by atoms with Crippen LogP contribution in [0.5, 0.6) is 0 Å². The topological polar surface area (TPSA) is 42.4 Å². The number of benzene rings is 1. The van der Waals surface area contributed by atoms with E-state index in [1.54, 1.807) is 6.20 Å². The van der Waals surface area contributed by atoms with Crippen LogP contribution in [0.3, 0.4) is 0 Å². The van der Waals surface area contributed by atoms with Crippen LogP contribution in [0, 0.1) is 0 Å². The van der Waals surface area contributed by atoms with Gasteiger partial charge in [0.2, 0.25) is 0 Å². The average molecular weight is 243 g/mol. The predicted molar refractivity (Wildman–Crippen MR) is 70.3 cm³/mol. The van der Waals surface area contributed by atoms with Crippen LogP contribution in [-0.2, 0) is 4.74 Å². The molecular weight excluding hydrogens is 226 g/mol. The normalized spacial score (nSPS) is 21.9. The molecule has 1 aromatic carbocycles. The molecule has 3 nitrogen and oxygen atoms in total. The number of pyridine rings is 1. The lowest BCUT2D eigenvalue weighted by Crippen LogP contribution is -2.26. The average Bonchev–Trinajstić information content (AvgIpc) is 2.47. The Morgan fingerprint density at radius 2 is 2.17 bits per heavy atom. The molecule has 1 saturated heterocycles. The van der Waals surface area contributed by atoms with E-state index in [1.165, 1.54) is 0 Å². The molecule has 3 rings (SSSR count). The summed E-state index contributed by atoms with van der Waals surface area (Å²) in [5, 5.41) is 11.4. The number of nitrogens with zero attached hydrogens (tertiary/aromatic N) is 1. The van der Waals surface area contributed by atoms with E-state index in [0.29, 0.717) is 0 Å². The summed E-state index contributed by atoms with van der Waals surface area (Å²) >= 11 is 0. The quantitative estimate of drug-likeness (QED) is 0.882. The molecule has 0 spiro atoms. The minimum absolute atomic E-state index is 0.0817. The monoisotopic (exact) mass is 243 g/mol. The van der Waals surface area contributed by atoms with Crippen LogP contribution in [0.1, 0.15) is 30.9 Å². The third-order valence-corrected chi connectivity index (χ3v) is 3.52. The fourth-order valence-electron chi connectivity index (χ4n) is 2.48. The second-order valence-electron chi connectivity index (χ2n) is 4.81. The third kappa shape index (κ3) is 2.24. The van der Waals surface area contributed by atoms with E-state index in [4.69, 9.17) is 4.74 Å². The fourth-order valence-corrected chi connectivity index (χ4v) is 2.48. The van der Waals surface area contributed by atoms with Gasteiger partial charge in [-0.25, -0.2) is 0 Å². The van der Waals surface area contributed by atoms with Crippen molar-refractivity contribution in [3.8, 4) is 0 Å². The molecule has 2 unspecified atom stereocenters. The smallest absolute Gasteiger partial charge is 0.107 e. The van der Waals surface area contributed by atoms with Gasteiger partial charge in [0.15, 0.2) is 0 Å². The molecular formula is C15H17NO2. The molecule has 2 atom stereocenters. The molecule has 0 saturated carbocycles. The number of fused-ring (bicyclic) bond motifs is 1. The maximum absolute atomic E-state index is 10.3. The second-order valence-corrected chi connectivity index (χ2v) is 4.81. The van der Waals surface area contributed by atoms with Crippen molar-refractivity contribution in [3.05, 3.63) is 42.1 Å². The predicted octanol–water partition coefficient (Wildman–Crippen LogP) is 2.84. The molecule has 1 aliphatic rings. The molecule has 2 aromatic rings. The fraction of sp³-hybridized carbons (Fsp3) is 0.400. The van der Waals surface area contributed by atoms with E-state index in [-0.39, 0.29) is 6.10 Å². The molecule has 1 aromatic heterocycles. The first-order valence-electron chi connectivity index (χ1n) is 6.49. The summed E-state index contributed by atoms with van der Waals surface area (Å²) in [7, 11) is 0. The van der Waals surface area contributed by atoms with Crippen molar-refractivity contribution in [2.45, 2.75) is 31.5 Å². The summed E-state index contributed by atoms with van der Waals surface area (Å²) in [6.07, 6.45) is 4.25. The molecule has 2 heterocycles. The lowest BCUT2D eigenvalue weighted by Gasteiger charge is -2.27. The number of ether oxygens (including phenoxy) is 1. The van der Waals surface area contributed by atoms with E-state index in [0.717, 1.165) is 42.3 Å². The molecule has 0 bridgehead atoms. The molecule has 1 aliphatic heterocycles. The highest BCUT2D eigenvalue weighted by Crippen LogP contribution is 2.27. The Morgan fingerprint density at radius 3 is 3.00 bits per heavy atom. The summed E-state index contributed by atoms with van der Waals surface area (Å²) in [5.74, 6) is 0. The van der Waals surface area contributed by atoms with E-state index in [2.05, 4.69) is 4.98 Å². The largest absolute Gasteiger partial charge is 0.386 e. The minimum Gasteiger partial charge on any atom is -0.386 e. The van der Waals surface area contributed by atoms with Gasteiger partial charge in [0, 0.05) is 23.8 Å². The number of rotatable bonds is 2. The van der Waals surface area contributed by atoms with Crippen molar-refractivity contribution in [2.24, 2.45) is 0 Å². The highest BCUT2D eigenvalue weighted by Gasteiger charge is 2.24. The van der Waals surface area contributed by atoms with E-state index in [1.807, 2.05) is 30.3 Å². The van der Waals surface area contributed by atoms with Crippen LogP contribution in [0.25, 0.3) is 10.9 Å². The molecule has 18 heavy (non-hydrogen) atoms. The summed E-state index contributed by atoms with van der Waals surface area (Å²) in [4.78, 5) is 4.38. The van der Waals surface area contributed by atoms with Gasteiger partial charge >= 0.3 is 0 Å². The first-order valence-corrected chi connectivity index (χ1v) is 6.49. The summed E-state index contributed by atoms with van der Waals surface area (Å²) in [6, 6.07) is 9.95. The van der Waals surface area contributed by atoms with Crippen molar-refractivity contribution in [1.82, 2.24) is 4.98 Å². The maximum Gasteiger partial charge on any atom is 0.107 e. The lowest BCUT2D eigenvalue weighted by molar-refractivity contribution is -0.0633. The zero-order valence-electron chi connectivity index (χ0n) is 10.2. The van der Waals surface area contributed by atoms with Crippen LogP contribution >= 0.6 is 0 Å². The Hall–Kier alpha value is -1.45. The number of hydrogen-bond donors (Lipinski definition) is 1. The zero-order chi connectivity index (χ0) is 12.4. The molecule has 1 fully saturated rings. The standard InChI is InChI=1S/C15H17NO2/c17-15(14-7-3-4-8-18-14)12-9-11-5-1-2-6-13(11)16-10-12/h1-2,5-6,9-10,14-15,17H,3-4,7-8H2. The van der Waals surface area contributed by atoms with Crippen LogP contribution in [-0.4, -0.2) is 22.8 Å². The Morgan fingerprint density at radius 1 is 1.28 bits per heavy atom. The van der Waals surface area contributed by atoms with Crippen LogP contribution < -0.4 is 0 Å². The van der Waals surface area contributed by atoms with Gasteiger partial charge in [-0.3, -0.25) is 4.98 Å². The van der Waals surface area contributed by atoms with Gasteiger partial charge in [0.1, 0.15) is 6.10 Å². The first-order chi connectivity index (χ1) is 8.84. The van der Waals surface area contributed by atoms with E-state index < -0.39 is 6.10 Å². The summed E-state index contributed by atoms with van der Waals surface area (Å²) < 4.78 is 5.63. The SMILES string of the molecule is OC(c1cnc2ccccc2c1)C1CCCCO1. The second kappa shape index (κ2) is 5.04. The van der Waals surface area contributed by atoms with Gasteiger partial charge in [0.05, 0.1) is 11.6 Å². The van der Waals surface area contributed by atoms with E-state index >= 15 is 0 Å². The van der Waals surface area contributed by atoms with Crippen molar-refractivity contribution in [2.75, 3.05) is 6.61 Å². The first kappa shape index (κ1) is 11.6. The Bertz CT molecular complexity index is 535. The Kier molecular flexibility index (Phi) is 3.26. The van der Waals surface area contributed by atoms with Crippen LogP contribution in [0.15, 0.2) is 36.5 Å². The molecule has 1 N–H and O–H groups in total. The molecule has 0 radical (unpaired) electrons. The van der Waals surface area contributed by atoms with Crippen molar-refractivity contribution in [1.29, 1.82) is 0 Å². The van der Waals surface area contributed by atoms with Crippen molar-refractivity contribution < 1.29 is 9.84 Å². The molecule has 3 heteroatoms. The summed E-state index contributed by atoms with van der Waals surface area (Å²) in [5.41, 5.74) is 1.80. The number of aliphatic hydroxyl groups is 1. The summed E-state index contributed by atoms with van der Waals surface area (Å²) in [6.45, 7) is 0.753. The zero-order valence-corrected chi connectivity index (χ0v) is 10.2. The molecule has 0 amide bonds. The van der Waals surface area contributed by atoms with Crippen LogP contribution in [0.4, 0.5) is 0 Å². The van der Waals surface area contributed by atoms with Gasteiger partial charge in [-0.15, -0.1) is 0 Å². The highest BCUT2D eigenvalue weighted by atomic mass is 16.5. The van der Waals surface area contributed by atoms with Gasteiger partial charge in [-0.05, 0) is 31.4 Å². The highest BCUT2D eigenvalue weighted by molar-refractivity contribution is 5.78. The van der Waals surface area contributed by atoms with Gasteiger partial charge in [0.25, 0.3) is 0 Å². The number of hydrogen-bond acceptors (Lipinski definition) is 3. The van der Waals surface area contributed by atoms with Gasteiger partial charge < -0.3 is 9.84 Å². The minimum atomic E-state index is -0.567. The number of para-hydroxylation sites is 1. The van der Waals surface area contributed by atoms with Crippen LogP contribution in [0.2, 0.25) is 0 Å². The van der Waals surface area contributed by atoms with Crippen molar-refractivity contribution >= 4 is 10.9 Å². The Labute approximate surface area is 106 Å². The maximum atomic E-state index is 10.3. The third-order valence-electron chi connectivity index (χ3n) is 3.52. The Balaban J connectivity index is 1.88. The number of aromatic nitrogens is 1.